The van der Waals surface area contributed by atoms with E-state index in [0.29, 0.717) is 28.0 Å². The maximum Gasteiger partial charge on any atom is 0.344 e. The average Bonchev–Trinajstić information content (AvgIpc) is 2.82. The molecule has 0 saturated heterocycles. The maximum absolute atomic E-state index is 12.7. The lowest BCUT2D eigenvalue weighted by molar-refractivity contribution is -0.145. The van der Waals surface area contributed by atoms with Gasteiger partial charge >= 0.3 is 5.97 Å². The summed E-state index contributed by atoms with van der Waals surface area (Å²) < 4.78 is 16.4. The molecule has 0 aromatic heterocycles. The van der Waals surface area contributed by atoms with Crippen molar-refractivity contribution in [3.63, 3.8) is 0 Å². The number of hydrazone groups is 1. The van der Waals surface area contributed by atoms with Gasteiger partial charge < -0.3 is 19.5 Å². The lowest BCUT2D eigenvalue weighted by Crippen LogP contribution is -2.47. The summed E-state index contributed by atoms with van der Waals surface area (Å²) in [5, 5.41) is 6.73. The van der Waals surface area contributed by atoms with Crippen LogP contribution in [0.25, 0.3) is 0 Å². The molecule has 194 valence electrons. The van der Waals surface area contributed by atoms with Gasteiger partial charge in [0, 0.05) is 0 Å². The van der Waals surface area contributed by atoms with E-state index in [1.54, 1.807) is 31.2 Å². The molecule has 2 aromatic carbocycles. The van der Waals surface area contributed by atoms with E-state index >= 15 is 0 Å². The van der Waals surface area contributed by atoms with Crippen LogP contribution in [0.4, 0.5) is 0 Å². The molecule has 0 fully saturated rings. The number of amides is 2. The van der Waals surface area contributed by atoms with Crippen LogP contribution in [0, 0.1) is 12.8 Å². The lowest BCUT2D eigenvalue weighted by atomic mass is 10.0. The Morgan fingerprint density at radius 1 is 1.06 bits per heavy atom. The van der Waals surface area contributed by atoms with E-state index in [2.05, 4.69) is 31.8 Å². The maximum atomic E-state index is 12.7. The van der Waals surface area contributed by atoms with Crippen LogP contribution in [0.2, 0.25) is 0 Å². The number of carbonyl (C=O) groups excluding carboxylic acids is 3. The Balaban J connectivity index is 1.91. The summed E-state index contributed by atoms with van der Waals surface area (Å²) in [5.74, 6) is -0.0339. The van der Waals surface area contributed by atoms with E-state index in [1.807, 2.05) is 39.0 Å². The topological polar surface area (TPSA) is 115 Å². The monoisotopic (exact) mass is 561 g/mol. The van der Waals surface area contributed by atoms with E-state index in [-0.39, 0.29) is 25.7 Å². The second-order valence-corrected chi connectivity index (χ2v) is 9.18. The van der Waals surface area contributed by atoms with Crippen LogP contribution in [0.1, 0.15) is 38.3 Å². The Labute approximate surface area is 219 Å². The zero-order valence-corrected chi connectivity index (χ0v) is 22.5. The molecule has 0 bridgehead atoms. The van der Waals surface area contributed by atoms with E-state index in [0.717, 1.165) is 5.56 Å². The summed E-state index contributed by atoms with van der Waals surface area (Å²) in [7, 11) is 0. The van der Waals surface area contributed by atoms with Crippen molar-refractivity contribution >= 4 is 39.9 Å². The van der Waals surface area contributed by atoms with E-state index in [9.17, 15) is 14.4 Å². The Morgan fingerprint density at radius 2 is 1.78 bits per heavy atom. The molecule has 2 aromatic rings. The summed E-state index contributed by atoms with van der Waals surface area (Å²) in [5.41, 5.74) is 4.08. The average molecular weight is 562 g/mol. The first kappa shape index (κ1) is 28.8. The zero-order valence-electron chi connectivity index (χ0n) is 20.9. The summed E-state index contributed by atoms with van der Waals surface area (Å²) in [6.45, 7) is 7.42. The third-order valence-electron chi connectivity index (χ3n) is 4.81. The first-order valence-corrected chi connectivity index (χ1v) is 12.4. The Morgan fingerprint density at radius 3 is 2.44 bits per heavy atom. The molecule has 0 aliphatic carbocycles. The highest BCUT2D eigenvalue weighted by Gasteiger charge is 2.22. The highest BCUT2D eigenvalue weighted by molar-refractivity contribution is 9.10. The van der Waals surface area contributed by atoms with Crippen LogP contribution in [-0.2, 0) is 19.1 Å². The summed E-state index contributed by atoms with van der Waals surface area (Å²) in [6, 6.07) is 11.7. The number of aryl methyl sites for hydroxylation is 1. The van der Waals surface area contributed by atoms with Crippen molar-refractivity contribution in [2.75, 3.05) is 19.8 Å². The third kappa shape index (κ3) is 10.1. The van der Waals surface area contributed by atoms with Crippen molar-refractivity contribution in [2.45, 2.75) is 40.2 Å². The van der Waals surface area contributed by atoms with Gasteiger partial charge in [-0.25, -0.2) is 10.2 Å². The summed E-state index contributed by atoms with van der Waals surface area (Å²) in [6.07, 6.45) is 1.91. The van der Waals surface area contributed by atoms with Crippen LogP contribution < -0.4 is 20.2 Å². The molecular weight excluding hydrogens is 530 g/mol. The van der Waals surface area contributed by atoms with Crippen molar-refractivity contribution in [1.82, 2.24) is 10.7 Å². The van der Waals surface area contributed by atoms with Gasteiger partial charge in [-0.15, -0.1) is 0 Å². The van der Waals surface area contributed by atoms with Gasteiger partial charge in [-0.3, -0.25) is 9.59 Å². The van der Waals surface area contributed by atoms with E-state index in [4.69, 9.17) is 14.2 Å². The number of para-hydroxylation sites is 1. The highest BCUT2D eigenvalue weighted by atomic mass is 79.9. The van der Waals surface area contributed by atoms with Gasteiger partial charge in [0.05, 0.1) is 17.3 Å². The van der Waals surface area contributed by atoms with Gasteiger partial charge in [0.2, 0.25) is 0 Å². The fourth-order valence-electron chi connectivity index (χ4n) is 3.10. The lowest BCUT2D eigenvalue weighted by Gasteiger charge is -2.19. The van der Waals surface area contributed by atoms with Crippen LogP contribution >= 0.6 is 15.9 Å². The van der Waals surface area contributed by atoms with Gasteiger partial charge in [0.1, 0.15) is 17.5 Å². The first-order chi connectivity index (χ1) is 17.2. The van der Waals surface area contributed by atoms with Crippen LogP contribution in [0.5, 0.6) is 11.5 Å². The second kappa shape index (κ2) is 14.9. The molecule has 0 unspecified atom stereocenters. The number of ether oxygens (including phenoxy) is 3. The second-order valence-electron chi connectivity index (χ2n) is 8.32. The van der Waals surface area contributed by atoms with Gasteiger partial charge in [-0.05, 0) is 77.5 Å². The number of hydrogen-bond acceptors (Lipinski definition) is 7. The SMILES string of the molecule is CCOC(=O)COc1ccc(/C=N\NC(=O)[C@H](CC(C)C)NC(=O)COc2ccccc2C)cc1Br. The molecule has 36 heavy (non-hydrogen) atoms. The smallest absolute Gasteiger partial charge is 0.344 e. The highest BCUT2D eigenvalue weighted by Crippen LogP contribution is 2.25. The first-order valence-electron chi connectivity index (χ1n) is 11.6. The summed E-state index contributed by atoms with van der Waals surface area (Å²) in [4.78, 5) is 36.6. The molecule has 0 radical (unpaired) electrons. The number of benzene rings is 2. The zero-order chi connectivity index (χ0) is 26.5. The quantitative estimate of drug-likeness (QED) is 0.218. The fraction of sp³-hybridized carbons (Fsp3) is 0.385. The fourth-order valence-corrected chi connectivity index (χ4v) is 3.61. The predicted octanol–water partition coefficient (Wildman–Crippen LogP) is 3.76. The van der Waals surface area contributed by atoms with E-state index in [1.165, 1.54) is 6.21 Å². The minimum Gasteiger partial charge on any atom is -0.484 e. The minimum atomic E-state index is -0.763. The number of halogens is 1. The predicted molar refractivity (Wildman–Crippen MR) is 140 cm³/mol. The molecule has 2 N–H and O–H groups in total. The van der Waals surface area contributed by atoms with Crippen molar-refractivity contribution in [3.8, 4) is 11.5 Å². The molecule has 9 nitrogen and oxygen atoms in total. The van der Waals surface area contributed by atoms with Gasteiger partial charge in [-0.1, -0.05) is 32.0 Å². The molecule has 0 heterocycles. The molecule has 0 spiro atoms. The van der Waals surface area contributed by atoms with Crippen LogP contribution in [-0.4, -0.2) is 49.9 Å². The van der Waals surface area contributed by atoms with E-state index < -0.39 is 23.8 Å². The van der Waals surface area contributed by atoms with Crippen LogP contribution in [0.15, 0.2) is 52.0 Å². The van der Waals surface area contributed by atoms with Crippen molar-refractivity contribution < 1.29 is 28.6 Å². The molecular formula is C26H32BrN3O6. The van der Waals surface area contributed by atoms with Crippen molar-refractivity contribution in [3.05, 3.63) is 58.1 Å². The van der Waals surface area contributed by atoms with Crippen molar-refractivity contribution in [1.29, 1.82) is 0 Å². The molecule has 2 amide bonds. The molecule has 2 rings (SSSR count). The Hall–Kier alpha value is -3.40. The standard InChI is InChI=1S/C26H32BrN3O6/c1-5-34-25(32)16-36-23-11-10-19(13-20(23)27)14-28-30-26(33)21(12-17(2)3)29-24(31)15-35-22-9-7-6-8-18(22)4/h6-11,13-14,17,21H,5,12,15-16H2,1-4H3,(H,29,31)(H,30,33)/b28-14-/t21-/m0/s1. The molecule has 0 aliphatic rings. The number of nitrogens with zero attached hydrogens (tertiary/aromatic N) is 1. The molecule has 0 aliphatic heterocycles. The largest absolute Gasteiger partial charge is 0.484 e. The van der Waals surface area contributed by atoms with Gasteiger partial charge in [-0.2, -0.15) is 5.10 Å². The number of esters is 1. The number of rotatable bonds is 13. The van der Waals surface area contributed by atoms with Gasteiger partial charge in [0.15, 0.2) is 13.2 Å². The van der Waals surface area contributed by atoms with Gasteiger partial charge in [0.25, 0.3) is 11.8 Å². The molecule has 0 saturated carbocycles. The Kier molecular flexibility index (Phi) is 11.9. The number of carbonyl (C=O) groups is 3. The molecule has 1 atom stereocenters. The Bertz CT molecular complexity index is 1070. The number of nitrogens with one attached hydrogen (secondary N) is 2. The third-order valence-corrected chi connectivity index (χ3v) is 5.43. The van der Waals surface area contributed by atoms with Crippen LogP contribution in [0.3, 0.4) is 0 Å². The number of hydrogen-bond donors (Lipinski definition) is 2. The normalized spacial score (nSPS) is 11.7. The molecule has 10 heteroatoms. The minimum absolute atomic E-state index is 0.167. The summed E-state index contributed by atoms with van der Waals surface area (Å²) >= 11 is 3.39. The van der Waals surface area contributed by atoms with Crippen molar-refractivity contribution in [2.24, 2.45) is 11.0 Å².